The number of aliphatic hydroxyl groups is 1. The van der Waals surface area contributed by atoms with Crippen molar-refractivity contribution in [1.29, 1.82) is 0 Å². The minimum Gasteiger partial charge on any atom is -0.490 e. The standard InChI is InChI=1S/C16H24O3/c1-11-7-8-16(15(9-11)12(2)17)19-14-6-4-5-13(10-14)18-3/h7-9,12-14,17H,4-6,10H2,1-3H3. The van der Waals surface area contributed by atoms with Crippen molar-refractivity contribution in [2.75, 3.05) is 7.11 Å². The number of hydrogen-bond acceptors (Lipinski definition) is 3. The molecule has 0 spiro atoms. The summed E-state index contributed by atoms with van der Waals surface area (Å²) in [6.07, 6.45) is 4.25. The summed E-state index contributed by atoms with van der Waals surface area (Å²) in [5, 5.41) is 9.85. The zero-order valence-corrected chi connectivity index (χ0v) is 12.1. The highest BCUT2D eigenvalue weighted by molar-refractivity contribution is 5.38. The van der Waals surface area contributed by atoms with Crippen molar-refractivity contribution < 1.29 is 14.6 Å². The SMILES string of the molecule is COC1CCCC(Oc2ccc(C)cc2C(C)O)C1. The normalized spacial score (nSPS) is 25.1. The van der Waals surface area contributed by atoms with Crippen LogP contribution in [0.15, 0.2) is 18.2 Å². The van der Waals surface area contributed by atoms with E-state index in [0.29, 0.717) is 6.10 Å². The van der Waals surface area contributed by atoms with E-state index in [-0.39, 0.29) is 6.10 Å². The van der Waals surface area contributed by atoms with E-state index in [1.165, 1.54) is 0 Å². The van der Waals surface area contributed by atoms with E-state index < -0.39 is 6.10 Å². The maximum Gasteiger partial charge on any atom is 0.125 e. The molecule has 0 heterocycles. The van der Waals surface area contributed by atoms with Gasteiger partial charge < -0.3 is 14.6 Å². The molecule has 0 amide bonds. The van der Waals surface area contributed by atoms with Gasteiger partial charge in [0.15, 0.2) is 0 Å². The van der Waals surface area contributed by atoms with Gasteiger partial charge in [-0.2, -0.15) is 0 Å². The van der Waals surface area contributed by atoms with Crippen LogP contribution in [0.5, 0.6) is 5.75 Å². The predicted molar refractivity (Wildman–Crippen MR) is 75.5 cm³/mol. The minimum absolute atomic E-state index is 0.193. The number of benzene rings is 1. The number of methoxy groups -OCH3 is 1. The number of rotatable bonds is 4. The van der Waals surface area contributed by atoms with Crippen LogP contribution in [0.2, 0.25) is 0 Å². The lowest BCUT2D eigenvalue weighted by Crippen LogP contribution is -2.29. The molecule has 0 radical (unpaired) electrons. The third-order valence-electron chi connectivity index (χ3n) is 3.82. The molecule has 3 nitrogen and oxygen atoms in total. The zero-order valence-electron chi connectivity index (χ0n) is 12.1. The second-order valence-corrected chi connectivity index (χ2v) is 5.48. The van der Waals surface area contributed by atoms with Gasteiger partial charge in [-0.25, -0.2) is 0 Å². The molecule has 3 atom stereocenters. The van der Waals surface area contributed by atoms with E-state index in [0.717, 1.165) is 42.6 Å². The van der Waals surface area contributed by atoms with Gasteiger partial charge in [0.25, 0.3) is 0 Å². The number of aliphatic hydroxyl groups excluding tert-OH is 1. The number of hydrogen-bond donors (Lipinski definition) is 1. The van der Waals surface area contributed by atoms with Gasteiger partial charge in [0.2, 0.25) is 0 Å². The Bertz CT molecular complexity index is 414. The Morgan fingerprint density at radius 2 is 2.00 bits per heavy atom. The molecular formula is C16H24O3. The molecule has 1 aliphatic carbocycles. The summed E-state index contributed by atoms with van der Waals surface area (Å²) in [6.45, 7) is 3.80. The summed E-state index contributed by atoms with van der Waals surface area (Å²) >= 11 is 0. The maximum atomic E-state index is 9.85. The second-order valence-electron chi connectivity index (χ2n) is 5.48. The van der Waals surface area contributed by atoms with Gasteiger partial charge in [-0.05, 0) is 45.2 Å². The van der Waals surface area contributed by atoms with Crippen LogP contribution >= 0.6 is 0 Å². The highest BCUT2D eigenvalue weighted by Crippen LogP contribution is 2.30. The lowest BCUT2D eigenvalue weighted by molar-refractivity contribution is 0.0199. The average molecular weight is 264 g/mol. The molecule has 1 fully saturated rings. The van der Waals surface area contributed by atoms with Crippen LogP contribution in [0.3, 0.4) is 0 Å². The van der Waals surface area contributed by atoms with Gasteiger partial charge in [-0.1, -0.05) is 11.6 Å². The Morgan fingerprint density at radius 1 is 1.26 bits per heavy atom. The first-order valence-electron chi connectivity index (χ1n) is 7.08. The number of ether oxygens (including phenoxy) is 2. The Morgan fingerprint density at radius 3 is 2.68 bits per heavy atom. The molecule has 2 rings (SSSR count). The zero-order chi connectivity index (χ0) is 13.8. The molecule has 0 bridgehead atoms. The molecule has 1 saturated carbocycles. The lowest BCUT2D eigenvalue weighted by Gasteiger charge is -2.29. The van der Waals surface area contributed by atoms with Crippen molar-refractivity contribution >= 4 is 0 Å². The van der Waals surface area contributed by atoms with Crippen molar-refractivity contribution in [3.63, 3.8) is 0 Å². The monoisotopic (exact) mass is 264 g/mol. The molecule has 1 N–H and O–H groups in total. The van der Waals surface area contributed by atoms with Gasteiger partial charge in [0.1, 0.15) is 11.9 Å². The molecule has 106 valence electrons. The highest BCUT2D eigenvalue weighted by atomic mass is 16.5. The Kier molecular flexibility index (Phi) is 4.83. The van der Waals surface area contributed by atoms with Crippen LogP contribution in [-0.2, 0) is 4.74 Å². The highest BCUT2D eigenvalue weighted by Gasteiger charge is 2.24. The quantitative estimate of drug-likeness (QED) is 0.906. The first kappa shape index (κ1) is 14.4. The summed E-state index contributed by atoms with van der Waals surface area (Å²) in [5.74, 6) is 0.808. The fourth-order valence-electron chi connectivity index (χ4n) is 2.70. The summed E-state index contributed by atoms with van der Waals surface area (Å²) in [4.78, 5) is 0. The van der Waals surface area contributed by atoms with Gasteiger partial charge in [0, 0.05) is 19.1 Å². The van der Waals surface area contributed by atoms with Crippen LogP contribution in [0, 0.1) is 6.92 Å². The van der Waals surface area contributed by atoms with Crippen molar-refractivity contribution in [3.8, 4) is 5.75 Å². The molecule has 0 saturated heterocycles. The molecule has 1 aliphatic rings. The van der Waals surface area contributed by atoms with Gasteiger partial charge in [-0.15, -0.1) is 0 Å². The first-order valence-corrected chi connectivity index (χ1v) is 7.08. The maximum absolute atomic E-state index is 9.85. The summed E-state index contributed by atoms with van der Waals surface area (Å²) < 4.78 is 11.5. The Labute approximate surface area is 115 Å². The van der Waals surface area contributed by atoms with E-state index in [1.807, 2.05) is 25.1 Å². The van der Waals surface area contributed by atoms with Crippen molar-refractivity contribution in [2.45, 2.75) is 57.8 Å². The third-order valence-corrected chi connectivity index (χ3v) is 3.82. The lowest BCUT2D eigenvalue weighted by atomic mass is 9.94. The smallest absolute Gasteiger partial charge is 0.125 e. The number of aryl methyl sites for hydroxylation is 1. The molecular weight excluding hydrogens is 240 g/mol. The Balaban J connectivity index is 2.10. The largest absolute Gasteiger partial charge is 0.490 e. The van der Waals surface area contributed by atoms with E-state index in [2.05, 4.69) is 0 Å². The van der Waals surface area contributed by atoms with Gasteiger partial charge in [-0.3, -0.25) is 0 Å². The van der Waals surface area contributed by atoms with Crippen molar-refractivity contribution in [2.24, 2.45) is 0 Å². The first-order chi connectivity index (χ1) is 9.10. The van der Waals surface area contributed by atoms with Crippen LogP contribution in [0.1, 0.15) is 49.8 Å². The molecule has 0 aliphatic heterocycles. The second kappa shape index (κ2) is 6.40. The van der Waals surface area contributed by atoms with Gasteiger partial charge in [0.05, 0.1) is 12.2 Å². The van der Waals surface area contributed by atoms with Crippen LogP contribution in [0.4, 0.5) is 0 Å². The van der Waals surface area contributed by atoms with Crippen LogP contribution < -0.4 is 4.74 Å². The molecule has 19 heavy (non-hydrogen) atoms. The summed E-state index contributed by atoms with van der Waals surface area (Å²) in [7, 11) is 1.76. The summed E-state index contributed by atoms with van der Waals surface area (Å²) in [6, 6.07) is 5.99. The fraction of sp³-hybridized carbons (Fsp3) is 0.625. The molecule has 0 aromatic heterocycles. The average Bonchev–Trinajstić information content (AvgIpc) is 2.41. The minimum atomic E-state index is -0.503. The van der Waals surface area contributed by atoms with Crippen molar-refractivity contribution in [3.05, 3.63) is 29.3 Å². The fourth-order valence-corrected chi connectivity index (χ4v) is 2.70. The third kappa shape index (κ3) is 3.71. The summed E-state index contributed by atoms with van der Waals surface area (Å²) in [5.41, 5.74) is 2.02. The molecule has 1 aromatic rings. The van der Waals surface area contributed by atoms with E-state index in [4.69, 9.17) is 9.47 Å². The molecule has 1 aromatic carbocycles. The van der Waals surface area contributed by atoms with E-state index in [1.54, 1.807) is 14.0 Å². The van der Waals surface area contributed by atoms with E-state index in [9.17, 15) is 5.11 Å². The Hall–Kier alpha value is -1.06. The van der Waals surface area contributed by atoms with Crippen LogP contribution in [0.25, 0.3) is 0 Å². The molecule has 3 heteroatoms. The molecule has 3 unspecified atom stereocenters. The van der Waals surface area contributed by atoms with Gasteiger partial charge >= 0.3 is 0 Å². The van der Waals surface area contributed by atoms with Crippen molar-refractivity contribution in [1.82, 2.24) is 0 Å². The topological polar surface area (TPSA) is 38.7 Å². The predicted octanol–water partition coefficient (Wildman–Crippen LogP) is 3.38. The van der Waals surface area contributed by atoms with Crippen LogP contribution in [-0.4, -0.2) is 24.4 Å². The van der Waals surface area contributed by atoms with E-state index >= 15 is 0 Å².